The molecule has 0 saturated heterocycles. The molecule has 0 aromatic heterocycles. The molecule has 1 saturated carbocycles. The Morgan fingerprint density at radius 1 is 1.18 bits per heavy atom. The van der Waals surface area contributed by atoms with Crippen molar-refractivity contribution in [2.45, 2.75) is 19.3 Å². The molecule has 0 N–H and O–H groups in total. The predicted molar refractivity (Wildman–Crippen MR) is 66.8 cm³/mol. The SMILES string of the molecule is COc1ccc(C2=CCC3CC2CC3=O)cc1. The molecule has 2 aliphatic carbocycles. The summed E-state index contributed by atoms with van der Waals surface area (Å²) in [5, 5.41) is 0. The van der Waals surface area contributed by atoms with Crippen LogP contribution in [0.15, 0.2) is 30.3 Å². The molecule has 0 amide bonds. The van der Waals surface area contributed by atoms with Gasteiger partial charge in [0.25, 0.3) is 0 Å². The third-order valence-electron chi connectivity index (χ3n) is 3.96. The maximum Gasteiger partial charge on any atom is 0.136 e. The van der Waals surface area contributed by atoms with Gasteiger partial charge in [0.2, 0.25) is 0 Å². The summed E-state index contributed by atoms with van der Waals surface area (Å²) in [6.45, 7) is 0. The van der Waals surface area contributed by atoms with Crippen molar-refractivity contribution in [2.24, 2.45) is 11.8 Å². The van der Waals surface area contributed by atoms with Crippen molar-refractivity contribution in [3.8, 4) is 5.75 Å². The van der Waals surface area contributed by atoms with E-state index in [-0.39, 0.29) is 0 Å². The van der Waals surface area contributed by atoms with Crippen molar-refractivity contribution >= 4 is 11.4 Å². The molecule has 0 aliphatic heterocycles. The van der Waals surface area contributed by atoms with Crippen LogP contribution in [-0.4, -0.2) is 12.9 Å². The third kappa shape index (κ3) is 1.78. The summed E-state index contributed by atoms with van der Waals surface area (Å²) in [4.78, 5) is 11.7. The lowest BCUT2D eigenvalue weighted by atomic mass is 9.85. The summed E-state index contributed by atoms with van der Waals surface area (Å²) >= 11 is 0. The molecule has 2 aliphatic rings. The van der Waals surface area contributed by atoms with Crippen LogP contribution in [-0.2, 0) is 4.79 Å². The van der Waals surface area contributed by atoms with Crippen molar-refractivity contribution in [3.05, 3.63) is 35.9 Å². The second kappa shape index (κ2) is 4.02. The van der Waals surface area contributed by atoms with Gasteiger partial charge in [0.05, 0.1) is 7.11 Å². The number of hydrogen-bond acceptors (Lipinski definition) is 2. The molecule has 2 heteroatoms. The molecular weight excluding hydrogens is 212 g/mol. The number of Topliss-reactive ketones (excluding diaryl/α,β-unsaturated/α-hetero) is 1. The van der Waals surface area contributed by atoms with E-state index >= 15 is 0 Å². The van der Waals surface area contributed by atoms with Crippen molar-refractivity contribution in [1.29, 1.82) is 0 Å². The molecule has 17 heavy (non-hydrogen) atoms. The Morgan fingerprint density at radius 2 is 1.94 bits per heavy atom. The first-order chi connectivity index (χ1) is 8.28. The lowest BCUT2D eigenvalue weighted by molar-refractivity contribution is -0.120. The summed E-state index contributed by atoms with van der Waals surface area (Å²) < 4.78 is 5.16. The largest absolute Gasteiger partial charge is 0.497 e. The Hall–Kier alpha value is -1.57. The fourth-order valence-corrected chi connectivity index (χ4v) is 3.01. The summed E-state index contributed by atoms with van der Waals surface area (Å²) in [6.07, 6.45) is 4.97. The maximum absolute atomic E-state index is 11.7. The van der Waals surface area contributed by atoms with Crippen molar-refractivity contribution in [3.63, 3.8) is 0 Å². The molecular formula is C15H16O2. The van der Waals surface area contributed by atoms with Gasteiger partial charge in [0, 0.05) is 12.3 Å². The van der Waals surface area contributed by atoms with E-state index < -0.39 is 0 Å². The highest BCUT2D eigenvalue weighted by Gasteiger charge is 2.37. The Kier molecular flexibility index (Phi) is 2.50. The first kappa shape index (κ1) is 10.6. The molecule has 1 aromatic carbocycles. The first-order valence-electron chi connectivity index (χ1n) is 6.15. The van der Waals surface area contributed by atoms with Gasteiger partial charge in [0.1, 0.15) is 11.5 Å². The zero-order valence-corrected chi connectivity index (χ0v) is 9.98. The van der Waals surface area contributed by atoms with Crippen LogP contribution in [0.25, 0.3) is 5.57 Å². The Balaban J connectivity index is 1.89. The monoisotopic (exact) mass is 228 g/mol. The van der Waals surface area contributed by atoms with Gasteiger partial charge in [0.15, 0.2) is 0 Å². The van der Waals surface area contributed by atoms with E-state index in [9.17, 15) is 4.79 Å². The van der Waals surface area contributed by atoms with Crippen LogP contribution in [0.4, 0.5) is 0 Å². The van der Waals surface area contributed by atoms with E-state index in [1.165, 1.54) is 11.1 Å². The molecule has 2 nitrogen and oxygen atoms in total. The van der Waals surface area contributed by atoms with Crippen molar-refractivity contribution in [1.82, 2.24) is 0 Å². The van der Waals surface area contributed by atoms with Gasteiger partial charge in [-0.05, 0) is 42.0 Å². The molecule has 0 spiro atoms. The highest BCUT2D eigenvalue weighted by Crippen LogP contribution is 2.44. The van der Waals surface area contributed by atoms with Crippen LogP contribution >= 0.6 is 0 Å². The highest BCUT2D eigenvalue weighted by molar-refractivity contribution is 5.89. The topological polar surface area (TPSA) is 26.3 Å². The number of benzene rings is 1. The molecule has 0 heterocycles. The summed E-state index contributed by atoms with van der Waals surface area (Å²) in [7, 11) is 1.68. The van der Waals surface area contributed by atoms with E-state index in [4.69, 9.17) is 4.74 Å². The van der Waals surface area contributed by atoms with Gasteiger partial charge in [-0.2, -0.15) is 0 Å². The van der Waals surface area contributed by atoms with Gasteiger partial charge in [-0.25, -0.2) is 0 Å². The van der Waals surface area contributed by atoms with Gasteiger partial charge in [-0.3, -0.25) is 4.79 Å². The van der Waals surface area contributed by atoms with Crippen LogP contribution in [0.3, 0.4) is 0 Å². The predicted octanol–water partition coefficient (Wildman–Crippen LogP) is 3.08. The second-order valence-corrected chi connectivity index (χ2v) is 4.92. The average molecular weight is 228 g/mol. The molecule has 3 rings (SSSR count). The van der Waals surface area contributed by atoms with Crippen LogP contribution < -0.4 is 4.74 Å². The molecule has 1 fully saturated rings. The lowest BCUT2D eigenvalue weighted by Crippen LogP contribution is -2.07. The van der Waals surface area contributed by atoms with E-state index in [0.717, 1.165) is 25.0 Å². The molecule has 1 aromatic rings. The van der Waals surface area contributed by atoms with Crippen molar-refractivity contribution in [2.75, 3.05) is 7.11 Å². The van der Waals surface area contributed by atoms with E-state index in [1.807, 2.05) is 12.1 Å². The Bertz CT molecular complexity index is 470. The average Bonchev–Trinajstić information content (AvgIpc) is 2.66. The van der Waals surface area contributed by atoms with Gasteiger partial charge < -0.3 is 4.74 Å². The van der Waals surface area contributed by atoms with Gasteiger partial charge >= 0.3 is 0 Å². The minimum Gasteiger partial charge on any atom is -0.497 e. The first-order valence-corrected chi connectivity index (χ1v) is 6.15. The van der Waals surface area contributed by atoms with Crippen LogP contribution in [0, 0.1) is 11.8 Å². The zero-order chi connectivity index (χ0) is 11.8. The van der Waals surface area contributed by atoms with Gasteiger partial charge in [-0.15, -0.1) is 0 Å². The van der Waals surface area contributed by atoms with E-state index in [1.54, 1.807) is 7.11 Å². The Morgan fingerprint density at radius 3 is 2.65 bits per heavy atom. The van der Waals surface area contributed by atoms with Gasteiger partial charge in [-0.1, -0.05) is 18.2 Å². The van der Waals surface area contributed by atoms with Crippen LogP contribution in [0.2, 0.25) is 0 Å². The number of rotatable bonds is 2. The second-order valence-electron chi connectivity index (χ2n) is 4.92. The summed E-state index contributed by atoms with van der Waals surface area (Å²) in [5.41, 5.74) is 2.60. The molecule has 88 valence electrons. The molecule has 2 unspecified atom stereocenters. The standard InChI is InChI=1S/C15H16O2/c1-17-13-5-2-10(3-6-13)14-7-4-11-8-12(14)9-15(11)16/h2-3,5-7,11-12H,4,8-9H2,1H3. The highest BCUT2D eigenvalue weighted by atomic mass is 16.5. The molecule has 2 atom stereocenters. The summed E-state index contributed by atoms with van der Waals surface area (Å²) in [6, 6.07) is 8.15. The summed E-state index contributed by atoms with van der Waals surface area (Å²) in [5.74, 6) is 2.09. The number of ketones is 1. The van der Waals surface area contributed by atoms with E-state index in [2.05, 4.69) is 18.2 Å². The number of carbonyl (C=O) groups excluding carboxylic acids is 1. The number of methoxy groups -OCH3 is 1. The fourth-order valence-electron chi connectivity index (χ4n) is 3.01. The molecule has 0 radical (unpaired) electrons. The van der Waals surface area contributed by atoms with Crippen LogP contribution in [0.1, 0.15) is 24.8 Å². The van der Waals surface area contributed by atoms with E-state index in [0.29, 0.717) is 17.6 Å². The number of ether oxygens (including phenoxy) is 1. The number of fused-ring (bicyclic) bond motifs is 2. The van der Waals surface area contributed by atoms with Crippen LogP contribution in [0.5, 0.6) is 5.75 Å². The lowest BCUT2D eigenvalue weighted by Gasteiger charge is -2.20. The third-order valence-corrected chi connectivity index (χ3v) is 3.96. The maximum atomic E-state index is 11.7. The van der Waals surface area contributed by atoms with Crippen molar-refractivity contribution < 1.29 is 9.53 Å². The normalized spacial score (nSPS) is 26.9. The number of hydrogen-bond donors (Lipinski definition) is 0. The zero-order valence-electron chi connectivity index (χ0n) is 9.98. The minimum atomic E-state index is 0.307. The quantitative estimate of drug-likeness (QED) is 0.777. The smallest absolute Gasteiger partial charge is 0.136 e. The molecule has 2 bridgehead atoms. The number of carbonyl (C=O) groups is 1. The fraction of sp³-hybridized carbons (Fsp3) is 0.400. The minimum absolute atomic E-state index is 0.307. The number of allylic oxidation sites excluding steroid dienone is 2. The Labute approximate surface area is 101 Å².